The number of anilines is 1. The Morgan fingerprint density at radius 2 is 2.15 bits per heavy atom. The van der Waals surface area contributed by atoms with Crippen molar-refractivity contribution in [3.63, 3.8) is 0 Å². The first kappa shape index (κ1) is 17.8. The summed E-state index contributed by atoms with van der Waals surface area (Å²) in [4.78, 5) is 28.4. The standard InChI is InChI=1S/C19H23N5O2/c1-2-3-11-20-17-9-7-14(12-21-17)16-8-10-19(26)24(23-16)13-18(25)22-15-5-4-6-15/h2,7-10,12,15H,1,3-6,11,13H2,(H,20,21)(H,22,25). The molecule has 2 aromatic rings. The fourth-order valence-corrected chi connectivity index (χ4v) is 2.63. The molecule has 0 aliphatic heterocycles. The molecule has 0 bridgehead atoms. The Hall–Kier alpha value is -2.96. The van der Waals surface area contributed by atoms with Gasteiger partial charge in [0.1, 0.15) is 12.4 Å². The minimum Gasteiger partial charge on any atom is -0.370 e. The third-order valence-electron chi connectivity index (χ3n) is 4.34. The van der Waals surface area contributed by atoms with Crippen LogP contribution in [0.3, 0.4) is 0 Å². The molecule has 136 valence electrons. The number of aromatic nitrogens is 3. The molecule has 7 nitrogen and oxygen atoms in total. The van der Waals surface area contributed by atoms with Gasteiger partial charge >= 0.3 is 0 Å². The van der Waals surface area contributed by atoms with E-state index < -0.39 is 0 Å². The van der Waals surface area contributed by atoms with Gasteiger partial charge in [-0.1, -0.05) is 6.08 Å². The van der Waals surface area contributed by atoms with E-state index in [4.69, 9.17) is 0 Å². The van der Waals surface area contributed by atoms with Crippen LogP contribution in [-0.4, -0.2) is 33.3 Å². The van der Waals surface area contributed by atoms with Crippen molar-refractivity contribution in [2.45, 2.75) is 38.3 Å². The maximum Gasteiger partial charge on any atom is 0.267 e. The van der Waals surface area contributed by atoms with Gasteiger partial charge in [-0.25, -0.2) is 9.67 Å². The zero-order valence-electron chi connectivity index (χ0n) is 14.6. The number of nitrogens with zero attached hydrogens (tertiary/aromatic N) is 3. The third-order valence-corrected chi connectivity index (χ3v) is 4.34. The van der Waals surface area contributed by atoms with Crippen LogP contribution in [0, 0.1) is 0 Å². The van der Waals surface area contributed by atoms with Crippen LogP contribution in [0.25, 0.3) is 11.3 Å². The van der Waals surface area contributed by atoms with Gasteiger partial charge in [-0.3, -0.25) is 9.59 Å². The monoisotopic (exact) mass is 353 g/mol. The van der Waals surface area contributed by atoms with Crippen LogP contribution < -0.4 is 16.2 Å². The lowest BCUT2D eigenvalue weighted by molar-refractivity contribution is -0.123. The van der Waals surface area contributed by atoms with Crippen molar-refractivity contribution in [3.05, 3.63) is 53.5 Å². The van der Waals surface area contributed by atoms with Gasteiger partial charge < -0.3 is 10.6 Å². The summed E-state index contributed by atoms with van der Waals surface area (Å²) in [5, 5.41) is 10.4. The first-order valence-electron chi connectivity index (χ1n) is 8.84. The predicted molar refractivity (Wildman–Crippen MR) is 101 cm³/mol. The first-order valence-corrected chi connectivity index (χ1v) is 8.84. The van der Waals surface area contributed by atoms with Crippen LogP contribution in [-0.2, 0) is 11.3 Å². The molecule has 1 saturated carbocycles. The number of hydrogen-bond acceptors (Lipinski definition) is 5. The predicted octanol–water partition coefficient (Wildman–Crippen LogP) is 1.96. The molecule has 1 aliphatic rings. The van der Waals surface area contributed by atoms with Gasteiger partial charge in [0, 0.05) is 30.4 Å². The summed E-state index contributed by atoms with van der Waals surface area (Å²) >= 11 is 0. The van der Waals surface area contributed by atoms with Crippen molar-refractivity contribution in [1.82, 2.24) is 20.1 Å². The maximum absolute atomic E-state index is 12.0. The molecule has 1 aliphatic carbocycles. The number of carbonyl (C=O) groups excluding carboxylic acids is 1. The van der Waals surface area contributed by atoms with E-state index in [0.717, 1.165) is 43.6 Å². The van der Waals surface area contributed by atoms with E-state index in [9.17, 15) is 9.59 Å². The molecule has 0 saturated heterocycles. The van der Waals surface area contributed by atoms with Crippen LogP contribution in [0.5, 0.6) is 0 Å². The Bertz CT molecular complexity index is 825. The lowest BCUT2D eigenvalue weighted by Crippen LogP contribution is -2.42. The Labute approximate surface area is 152 Å². The summed E-state index contributed by atoms with van der Waals surface area (Å²) in [6, 6.07) is 7.06. The van der Waals surface area contributed by atoms with Crippen molar-refractivity contribution >= 4 is 11.7 Å². The van der Waals surface area contributed by atoms with Crippen LogP contribution in [0.1, 0.15) is 25.7 Å². The van der Waals surface area contributed by atoms with E-state index in [1.165, 1.54) is 10.7 Å². The molecule has 0 radical (unpaired) electrons. The number of amides is 1. The van der Waals surface area contributed by atoms with Gasteiger partial charge in [-0.15, -0.1) is 6.58 Å². The smallest absolute Gasteiger partial charge is 0.267 e. The van der Waals surface area contributed by atoms with E-state index in [-0.39, 0.29) is 24.1 Å². The molecule has 0 unspecified atom stereocenters. The molecule has 0 atom stereocenters. The molecule has 2 heterocycles. The van der Waals surface area contributed by atoms with Crippen molar-refractivity contribution in [1.29, 1.82) is 0 Å². The lowest BCUT2D eigenvalue weighted by atomic mass is 9.93. The van der Waals surface area contributed by atoms with Crippen molar-refractivity contribution in [2.75, 3.05) is 11.9 Å². The maximum atomic E-state index is 12.0. The van der Waals surface area contributed by atoms with Crippen LogP contribution in [0.15, 0.2) is 47.9 Å². The van der Waals surface area contributed by atoms with Gasteiger partial charge in [0.2, 0.25) is 5.91 Å². The molecule has 0 spiro atoms. The SMILES string of the molecule is C=CCCNc1ccc(-c2ccc(=O)n(CC(=O)NC3CCC3)n2)cn1. The van der Waals surface area contributed by atoms with E-state index in [2.05, 4.69) is 27.3 Å². The minimum atomic E-state index is -0.298. The molecule has 26 heavy (non-hydrogen) atoms. The van der Waals surface area contributed by atoms with Gasteiger partial charge in [0.25, 0.3) is 5.56 Å². The second kappa shape index (κ2) is 8.42. The van der Waals surface area contributed by atoms with Crippen LogP contribution in [0.4, 0.5) is 5.82 Å². The molecule has 2 N–H and O–H groups in total. The summed E-state index contributed by atoms with van der Waals surface area (Å²) in [5.41, 5.74) is 1.09. The highest BCUT2D eigenvalue weighted by Crippen LogP contribution is 2.18. The highest BCUT2D eigenvalue weighted by atomic mass is 16.2. The van der Waals surface area contributed by atoms with E-state index in [1.807, 2.05) is 18.2 Å². The summed E-state index contributed by atoms with van der Waals surface area (Å²) in [6.45, 7) is 4.38. The average Bonchev–Trinajstić information content (AvgIpc) is 2.61. The number of carbonyl (C=O) groups is 1. The zero-order chi connectivity index (χ0) is 18.4. The minimum absolute atomic E-state index is 0.0716. The highest BCUT2D eigenvalue weighted by Gasteiger charge is 2.19. The van der Waals surface area contributed by atoms with Gasteiger partial charge in [0.05, 0.1) is 5.69 Å². The van der Waals surface area contributed by atoms with Gasteiger partial charge in [0.15, 0.2) is 0 Å². The summed E-state index contributed by atoms with van der Waals surface area (Å²) in [6.07, 6.45) is 7.56. The molecule has 1 fully saturated rings. The van der Waals surface area contributed by atoms with E-state index >= 15 is 0 Å². The van der Waals surface area contributed by atoms with Crippen LogP contribution in [0.2, 0.25) is 0 Å². The molecular weight excluding hydrogens is 330 g/mol. The molecular formula is C19H23N5O2. The number of hydrogen-bond donors (Lipinski definition) is 2. The summed E-state index contributed by atoms with van der Waals surface area (Å²) in [7, 11) is 0. The van der Waals surface area contributed by atoms with Crippen LogP contribution >= 0.6 is 0 Å². The summed E-state index contributed by atoms with van der Waals surface area (Å²) in [5.74, 6) is 0.588. The fourth-order valence-electron chi connectivity index (χ4n) is 2.63. The second-order valence-electron chi connectivity index (χ2n) is 6.35. The normalized spacial score (nSPS) is 13.7. The Morgan fingerprint density at radius 1 is 1.31 bits per heavy atom. The Morgan fingerprint density at radius 3 is 2.81 bits per heavy atom. The van der Waals surface area contributed by atoms with Crippen molar-refractivity contribution in [3.8, 4) is 11.3 Å². The molecule has 1 amide bonds. The largest absolute Gasteiger partial charge is 0.370 e. The Balaban J connectivity index is 1.68. The molecule has 0 aromatic carbocycles. The molecule has 2 aromatic heterocycles. The summed E-state index contributed by atoms with van der Waals surface area (Å²) < 4.78 is 1.19. The lowest BCUT2D eigenvalue weighted by Gasteiger charge is -2.26. The average molecular weight is 353 g/mol. The molecule has 7 heteroatoms. The van der Waals surface area contributed by atoms with Gasteiger partial charge in [-0.2, -0.15) is 5.10 Å². The number of rotatable bonds is 8. The fraction of sp³-hybridized carbons (Fsp3) is 0.368. The van der Waals surface area contributed by atoms with E-state index in [0.29, 0.717) is 5.69 Å². The zero-order valence-corrected chi connectivity index (χ0v) is 14.6. The van der Waals surface area contributed by atoms with Crippen molar-refractivity contribution in [2.24, 2.45) is 0 Å². The van der Waals surface area contributed by atoms with Gasteiger partial charge in [-0.05, 0) is 43.9 Å². The topological polar surface area (TPSA) is 88.9 Å². The van der Waals surface area contributed by atoms with E-state index in [1.54, 1.807) is 12.3 Å². The first-order chi connectivity index (χ1) is 12.7. The quantitative estimate of drug-likeness (QED) is 0.559. The highest BCUT2D eigenvalue weighted by molar-refractivity contribution is 5.76. The third kappa shape index (κ3) is 4.56. The number of pyridine rings is 1. The Kier molecular flexibility index (Phi) is 5.78. The molecule has 3 rings (SSSR count). The number of nitrogens with one attached hydrogen (secondary N) is 2. The van der Waals surface area contributed by atoms with Crippen molar-refractivity contribution < 1.29 is 4.79 Å². The second-order valence-corrected chi connectivity index (χ2v) is 6.35.